The fourth-order valence-corrected chi connectivity index (χ4v) is 7.21. The van der Waals surface area contributed by atoms with Gasteiger partial charge in [0, 0.05) is 37.1 Å². The number of H-pyrrole nitrogens is 1. The predicted molar refractivity (Wildman–Crippen MR) is 180 cm³/mol. The highest BCUT2D eigenvalue weighted by atomic mass is 28.4. The average molecular weight is 618 g/mol. The molecule has 2 aromatic heterocycles. The van der Waals surface area contributed by atoms with E-state index in [0.29, 0.717) is 24.6 Å². The second-order valence-corrected chi connectivity index (χ2v) is 18.6. The number of aryl methyl sites for hydroxylation is 1. The van der Waals surface area contributed by atoms with E-state index < -0.39 is 8.32 Å². The van der Waals surface area contributed by atoms with Crippen molar-refractivity contribution < 1.29 is 9.53 Å². The standard InChI is InChI=1S/C34H49N6O3Si/c1-34(2,3)44(5,6)43-31(26-14-17-30(41)33-27(26)15-18-32(42)36-33)23-35-22-24-13-16-29-28(21-24)37-38-40(29)20-10-19-39(4)25-11-8-7-9-12-25/h7,13-18,21,25,31,35,41H,8-12,19-20,22-23H2,1-6H3,(H,36,42)/t31-/m1/s1. The molecule has 4 aromatic rings. The number of rotatable bonds is 12. The Morgan fingerprint density at radius 1 is 1.16 bits per heavy atom. The summed E-state index contributed by atoms with van der Waals surface area (Å²) in [4.78, 5) is 17.3. The number of phenolic OH excluding ortho intramolecular Hbond substituents is 1. The van der Waals surface area contributed by atoms with Crippen LogP contribution in [0.15, 0.2) is 47.3 Å². The van der Waals surface area contributed by atoms with Gasteiger partial charge in [0.1, 0.15) is 11.3 Å². The van der Waals surface area contributed by atoms with E-state index in [4.69, 9.17) is 4.43 Å². The maximum Gasteiger partial charge on any atom is 0.248 e. The summed E-state index contributed by atoms with van der Waals surface area (Å²) in [6.45, 7) is 14.3. The number of nitrogens with one attached hydrogen (secondary N) is 2. The molecule has 0 aliphatic heterocycles. The van der Waals surface area contributed by atoms with E-state index in [1.54, 1.807) is 12.1 Å². The maximum atomic E-state index is 12.0. The number of aromatic nitrogens is 4. The molecular weight excluding hydrogens is 568 g/mol. The van der Waals surface area contributed by atoms with Gasteiger partial charge in [0.2, 0.25) is 5.56 Å². The Morgan fingerprint density at radius 3 is 2.68 bits per heavy atom. The van der Waals surface area contributed by atoms with Crippen molar-refractivity contribution in [2.45, 2.75) is 96.2 Å². The highest BCUT2D eigenvalue weighted by Crippen LogP contribution is 2.41. The molecular formula is C34H49N6O3Si. The molecule has 0 amide bonds. The molecule has 2 aromatic carbocycles. The summed E-state index contributed by atoms with van der Waals surface area (Å²) in [5.41, 5.74) is 4.23. The number of aromatic amines is 1. The van der Waals surface area contributed by atoms with Gasteiger partial charge in [0.05, 0.1) is 17.1 Å². The average Bonchev–Trinajstić information content (AvgIpc) is 3.39. The second-order valence-electron chi connectivity index (χ2n) is 13.8. The first kappa shape index (κ1) is 32.3. The molecule has 1 radical (unpaired) electrons. The number of benzene rings is 2. The molecule has 10 heteroatoms. The predicted octanol–water partition coefficient (Wildman–Crippen LogP) is 6.30. The van der Waals surface area contributed by atoms with Gasteiger partial charge in [-0.3, -0.25) is 4.79 Å². The van der Waals surface area contributed by atoms with E-state index in [1.807, 2.05) is 10.7 Å². The van der Waals surface area contributed by atoms with Gasteiger partial charge >= 0.3 is 0 Å². The smallest absolute Gasteiger partial charge is 0.248 e. The zero-order chi connectivity index (χ0) is 31.5. The molecule has 237 valence electrons. The van der Waals surface area contributed by atoms with Crippen molar-refractivity contribution in [3.8, 4) is 5.75 Å². The Kier molecular flexibility index (Phi) is 9.94. The number of pyridine rings is 1. The summed E-state index contributed by atoms with van der Waals surface area (Å²) >= 11 is 0. The maximum absolute atomic E-state index is 12.0. The Labute approximate surface area is 262 Å². The van der Waals surface area contributed by atoms with Gasteiger partial charge in [0.25, 0.3) is 0 Å². The molecule has 0 bridgehead atoms. The van der Waals surface area contributed by atoms with Gasteiger partial charge in [-0.2, -0.15) is 0 Å². The molecule has 1 saturated carbocycles. The van der Waals surface area contributed by atoms with Gasteiger partial charge in [-0.25, -0.2) is 4.68 Å². The molecule has 0 spiro atoms. The first-order valence-corrected chi connectivity index (χ1v) is 18.9. The van der Waals surface area contributed by atoms with Crippen molar-refractivity contribution >= 4 is 30.3 Å². The van der Waals surface area contributed by atoms with Crippen LogP contribution in [0.2, 0.25) is 18.1 Å². The largest absolute Gasteiger partial charge is 0.506 e. The highest BCUT2D eigenvalue weighted by Gasteiger charge is 2.39. The van der Waals surface area contributed by atoms with E-state index in [-0.39, 0.29) is 22.5 Å². The third kappa shape index (κ3) is 7.42. The van der Waals surface area contributed by atoms with Crippen LogP contribution in [0.25, 0.3) is 21.9 Å². The van der Waals surface area contributed by atoms with Crippen LogP contribution >= 0.6 is 0 Å². The van der Waals surface area contributed by atoms with Crippen molar-refractivity contribution in [1.82, 2.24) is 30.2 Å². The minimum Gasteiger partial charge on any atom is -0.506 e. The number of aromatic hydroxyl groups is 1. The second kappa shape index (κ2) is 13.5. The molecule has 9 nitrogen and oxygen atoms in total. The summed E-state index contributed by atoms with van der Waals surface area (Å²) in [7, 11) is 0.0977. The molecule has 1 atom stereocenters. The molecule has 2 heterocycles. The van der Waals surface area contributed by atoms with Crippen LogP contribution in [0.5, 0.6) is 5.75 Å². The van der Waals surface area contributed by atoms with Crippen molar-refractivity contribution in [1.29, 1.82) is 0 Å². The Morgan fingerprint density at radius 2 is 1.93 bits per heavy atom. The van der Waals surface area contributed by atoms with Crippen LogP contribution in [0, 0.1) is 6.42 Å². The summed E-state index contributed by atoms with van der Waals surface area (Å²) in [6, 6.07) is 13.9. The number of nitrogens with zero attached hydrogens (tertiary/aromatic N) is 4. The zero-order valence-electron chi connectivity index (χ0n) is 27.2. The normalized spacial score (nSPS) is 15.9. The molecule has 44 heavy (non-hydrogen) atoms. The topological polar surface area (TPSA) is 108 Å². The van der Waals surface area contributed by atoms with E-state index >= 15 is 0 Å². The number of hydrogen-bond donors (Lipinski definition) is 3. The lowest BCUT2D eigenvalue weighted by Crippen LogP contribution is -2.43. The van der Waals surface area contributed by atoms with Crippen LogP contribution < -0.4 is 10.9 Å². The van der Waals surface area contributed by atoms with Crippen LogP contribution in [0.1, 0.15) is 70.1 Å². The molecule has 1 aliphatic carbocycles. The number of fused-ring (bicyclic) bond motifs is 2. The van der Waals surface area contributed by atoms with Gasteiger partial charge < -0.3 is 24.7 Å². The SMILES string of the molecule is CN(CCCn1nnc2cc(CNC[C@@H](O[Si](C)(C)C(C)(C)C)c3ccc(O)c4[nH]c(=O)ccc34)ccc21)C1CC[CH]CC1. The molecule has 3 N–H and O–H groups in total. The third-order valence-electron chi connectivity index (χ3n) is 9.65. The zero-order valence-corrected chi connectivity index (χ0v) is 28.2. The summed E-state index contributed by atoms with van der Waals surface area (Å²) in [6.07, 6.45) is 8.22. The van der Waals surface area contributed by atoms with Crippen molar-refractivity contribution in [3.63, 3.8) is 0 Å². The molecule has 5 rings (SSSR count). The molecule has 1 aliphatic rings. The van der Waals surface area contributed by atoms with Crippen LogP contribution in [-0.2, 0) is 17.5 Å². The first-order valence-electron chi connectivity index (χ1n) is 16.0. The van der Waals surface area contributed by atoms with Crippen LogP contribution in [0.3, 0.4) is 0 Å². The Hall–Kier alpha value is -3.05. The quantitative estimate of drug-likeness (QED) is 0.160. The van der Waals surface area contributed by atoms with Gasteiger partial charge in [-0.05, 0) is 106 Å². The first-order chi connectivity index (χ1) is 20.9. The lowest BCUT2D eigenvalue weighted by atomic mass is 9.94. The van der Waals surface area contributed by atoms with Crippen LogP contribution in [-0.4, -0.2) is 64.5 Å². The lowest BCUT2D eigenvalue weighted by molar-refractivity contribution is 0.181. The lowest BCUT2D eigenvalue weighted by Gasteiger charge is -2.39. The monoisotopic (exact) mass is 617 g/mol. The molecule has 0 saturated heterocycles. The third-order valence-corrected chi connectivity index (χ3v) is 14.1. The van der Waals surface area contributed by atoms with Gasteiger partial charge in [-0.1, -0.05) is 38.1 Å². The molecule has 1 fully saturated rings. The number of phenols is 1. The summed E-state index contributed by atoms with van der Waals surface area (Å²) < 4.78 is 8.97. The van der Waals surface area contributed by atoms with E-state index in [1.165, 1.54) is 31.7 Å². The van der Waals surface area contributed by atoms with E-state index in [2.05, 4.69) is 91.0 Å². The Balaban J connectivity index is 1.26. The minimum absolute atomic E-state index is 0.0210. The number of hydrogen-bond acceptors (Lipinski definition) is 7. The van der Waals surface area contributed by atoms with Crippen molar-refractivity contribution in [3.05, 3.63) is 70.4 Å². The fraction of sp³-hybridized carbons (Fsp3) is 0.529. The van der Waals surface area contributed by atoms with E-state index in [9.17, 15) is 9.90 Å². The van der Waals surface area contributed by atoms with Gasteiger partial charge in [-0.15, -0.1) is 5.10 Å². The van der Waals surface area contributed by atoms with Crippen molar-refractivity contribution in [2.75, 3.05) is 20.1 Å². The van der Waals surface area contributed by atoms with Crippen molar-refractivity contribution in [2.24, 2.45) is 0 Å². The van der Waals surface area contributed by atoms with Crippen LogP contribution in [0.4, 0.5) is 0 Å². The highest BCUT2D eigenvalue weighted by molar-refractivity contribution is 6.74. The summed E-state index contributed by atoms with van der Waals surface area (Å²) in [5, 5.41) is 23.8. The summed E-state index contributed by atoms with van der Waals surface area (Å²) in [5.74, 6) is 0.0526. The van der Waals surface area contributed by atoms with E-state index in [0.717, 1.165) is 47.1 Å². The fourth-order valence-electron chi connectivity index (χ4n) is 5.93. The van der Waals surface area contributed by atoms with Gasteiger partial charge in [0.15, 0.2) is 8.32 Å². The Bertz CT molecular complexity index is 1620. The minimum atomic E-state index is -2.15. The molecule has 0 unspecified atom stereocenters.